The minimum absolute atomic E-state index is 0.0425. The third-order valence-electron chi connectivity index (χ3n) is 5.32. The van der Waals surface area contributed by atoms with E-state index in [1.807, 2.05) is 54.6 Å². The average Bonchev–Trinajstić information content (AvgIpc) is 3.52. The Morgan fingerprint density at radius 1 is 1.07 bits per heavy atom. The van der Waals surface area contributed by atoms with Gasteiger partial charge in [-0.3, -0.25) is 4.79 Å². The maximum atomic E-state index is 13.1. The van der Waals surface area contributed by atoms with E-state index in [0.717, 1.165) is 37.0 Å². The van der Waals surface area contributed by atoms with E-state index in [9.17, 15) is 9.59 Å². The molecule has 158 valence electrons. The standard InChI is InChI=1S/C24H27NO4S/c1-2-3-14-28-24(27)21-16-30-23(25(21)22(26)17-12-13-17)18-8-7-11-20(15-18)29-19-9-5-4-6-10-19/h4-11,15,17,21,23H,2-3,12-14,16H2,1H3. The van der Waals surface area contributed by atoms with Crippen LogP contribution >= 0.6 is 11.8 Å². The van der Waals surface area contributed by atoms with Gasteiger partial charge in [0.25, 0.3) is 0 Å². The maximum Gasteiger partial charge on any atom is 0.329 e. The van der Waals surface area contributed by atoms with Crippen LogP contribution in [0.4, 0.5) is 0 Å². The van der Waals surface area contributed by atoms with Crippen molar-refractivity contribution in [2.45, 2.75) is 44.0 Å². The van der Waals surface area contributed by atoms with Gasteiger partial charge in [-0.15, -0.1) is 11.8 Å². The molecule has 1 aliphatic carbocycles. The lowest BCUT2D eigenvalue weighted by molar-refractivity contribution is -0.154. The zero-order valence-corrected chi connectivity index (χ0v) is 18.0. The summed E-state index contributed by atoms with van der Waals surface area (Å²) in [6, 6.07) is 16.9. The molecule has 4 rings (SSSR count). The number of unbranched alkanes of at least 4 members (excludes halogenated alkanes) is 1. The molecule has 1 aliphatic heterocycles. The van der Waals surface area contributed by atoms with Gasteiger partial charge >= 0.3 is 5.97 Å². The zero-order chi connectivity index (χ0) is 20.9. The lowest BCUT2D eigenvalue weighted by Crippen LogP contribution is -2.44. The Balaban J connectivity index is 1.54. The smallest absolute Gasteiger partial charge is 0.329 e. The summed E-state index contributed by atoms with van der Waals surface area (Å²) in [5.41, 5.74) is 0.964. The van der Waals surface area contributed by atoms with Gasteiger partial charge < -0.3 is 14.4 Å². The summed E-state index contributed by atoms with van der Waals surface area (Å²) in [5.74, 6) is 1.85. The van der Waals surface area contributed by atoms with Crippen molar-refractivity contribution in [2.75, 3.05) is 12.4 Å². The fourth-order valence-electron chi connectivity index (χ4n) is 3.52. The molecule has 6 heteroatoms. The molecule has 1 saturated carbocycles. The third-order valence-corrected chi connectivity index (χ3v) is 6.64. The Morgan fingerprint density at radius 2 is 1.83 bits per heavy atom. The second-order valence-electron chi connectivity index (χ2n) is 7.73. The van der Waals surface area contributed by atoms with Crippen LogP contribution in [0.5, 0.6) is 11.5 Å². The molecule has 2 fully saturated rings. The molecule has 2 aromatic rings. The summed E-state index contributed by atoms with van der Waals surface area (Å²) in [7, 11) is 0. The van der Waals surface area contributed by atoms with Gasteiger partial charge in [0.05, 0.1) is 6.61 Å². The van der Waals surface area contributed by atoms with Gasteiger partial charge in [0.1, 0.15) is 22.9 Å². The fraction of sp³-hybridized carbons (Fsp3) is 0.417. The van der Waals surface area contributed by atoms with E-state index in [1.165, 1.54) is 0 Å². The van der Waals surface area contributed by atoms with Crippen molar-refractivity contribution in [3.8, 4) is 11.5 Å². The van der Waals surface area contributed by atoms with Crippen LogP contribution in [0.15, 0.2) is 54.6 Å². The van der Waals surface area contributed by atoms with Crippen LogP contribution in [0.1, 0.15) is 43.5 Å². The summed E-state index contributed by atoms with van der Waals surface area (Å²) in [6.07, 6.45) is 3.61. The van der Waals surface area contributed by atoms with Gasteiger partial charge in [-0.05, 0) is 49.1 Å². The van der Waals surface area contributed by atoms with Gasteiger partial charge in [-0.2, -0.15) is 0 Å². The van der Waals surface area contributed by atoms with Crippen molar-refractivity contribution in [1.82, 2.24) is 4.90 Å². The molecule has 2 aromatic carbocycles. The highest BCUT2D eigenvalue weighted by atomic mass is 32.2. The number of ether oxygens (including phenoxy) is 2. The van der Waals surface area contributed by atoms with Crippen LogP contribution in [0.3, 0.4) is 0 Å². The summed E-state index contributed by atoms with van der Waals surface area (Å²) < 4.78 is 11.4. The highest BCUT2D eigenvalue weighted by Gasteiger charge is 2.47. The number of amides is 1. The molecule has 0 aromatic heterocycles. The van der Waals surface area contributed by atoms with Crippen molar-refractivity contribution in [1.29, 1.82) is 0 Å². The van der Waals surface area contributed by atoms with Crippen molar-refractivity contribution >= 4 is 23.6 Å². The summed E-state index contributed by atoms with van der Waals surface area (Å²) in [6.45, 7) is 2.47. The van der Waals surface area contributed by atoms with E-state index < -0.39 is 6.04 Å². The number of benzene rings is 2. The number of rotatable bonds is 8. The van der Waals surface area contributed by atoms with Crippen molar-refractivity contribution in [2.24, 2.45) is 5.92 Å². The van der Waals surface area contributed by atoms with Crippen molar-refractivity contribution in [3.63, 3.8) is 0 Å². The summed E-state index contributed by atoms with van der Waals surface area (Å²) in [4.78, 5) is 27.6. The van der Waals surface area contributed by atoms with Crippen LogP contribution in [-0.2, 0) is 14.3 Å². The van der Waals surface area contributed by atoms with Crippen LogP contribution in [-0.4, -0.2) is 35.2 Å². The van der Waals surface area contributed by atoms with E-state index in [2.05, 4.69) is 6.92 Å². The fourth-order valence-corrected chi connectivity index (χ4v) is 4.94. The first-order valence-electron chi connectivity index (χ1n) is 10.6. The molecule has 30 heavy (non-hydrogen) atoms. The van der Waals surface area contributed by atoms with Crippen LogP contribution in [0.25, 0.3) is 0 Å². The molecule has 0 bridgehead atoms. The highest BCUT2D eigenvalue weighted by Crippen LogP contribution is 2.46. The quantitative estimate of drug-likeness (QED) is 0.431. The number of carbonyl (C=O) groups excluding carboxylic acids is 2. The SMILES string of the molecule is CCCCOC(=O)C1CSC(c2cccc(Oc3ccccc3)c2)N1C(=O)C1CC1. The molecule has 0 spiro atoms. The molecule has 0 N–H and O–H groups in total. The van der Waals surface area contributed by atoms with Crippen LogP contribution in [0.2, 0.25) is 0 Å². The molecule has 0 radical (unpaired) electrons. The van der Waals surface area contributed by atoms with Crippen molar-refractivity contribution < 1.29 is 19.1 Å². The van der Waals surface area contributed by atoms with Gasteiger partial charge in [0.2, 0.25) is 5.91 Å². The van der Waals surface area contributed by atoms with E-state index in [0.29, 0.717) is 18.1 Å². The minimum Gasteiger partial charge on any atom is -0.464 e. The molecule has 2 aliphatic rings. The first kappa shape index (κ1) is 20.8. The average molecular weight is 426 g/mol. The monoisotopic (exact) mass is 425 g/mol. The Morgan fingerprint density at radius 3 is 2.57 bits per heavy atom. The lowest BCUT2D eigenvalue weighted by atomic mass is 10.1. The number of thioether (sulfide) groups is 1. The molecule has 5 nitrogen and oxygen atoms in total. The molecular formula is C24H27NO4S. The van der Waals surface area contributed by atoms with Crippen molar-refractivity contribution in [3.05, 3.63) is 60.2 Å². The lowest BCUT2D eigenvalue weighted by Gasteiger charge is -2.29. The summed E-state index contributed by atoms with van der Waals surface area (Å²) in [5, 5.41) is -0.207. The molecule has 1 heterocycles. The van der Waals surface area contributed by atoms with E-state index in [-0.39, 0.29) is 23.2 Å². The van der Waals surface area contributed by atoms with Crippen LogP contribution < -0.4 is 4.74 Å². The molecule has 1 saturated heterocycles. The number of hydrogen-bond donors (Lipinski definition) is 0. The van der Waals surface area contributed by atoms with E-state index in [4.69, 9.17) is 9.47 Å². The number of carbonyl (C=O) groups is 2. The van der Waals surface area contributed by atoms with Gasteiger partial charge in [0, 0.05) is 11.7 Å². The van der Waals surface area contributed by atoms with Crippen LogP contribution in [0, 0.1) is 5.92 Å². The second kappa shape index (κ2) is 9.56. The largest absolute Gasteiger partial charge is 0.464 e. The molecule has 1 amide bonds. The Bertz CT molecular complexity index is 884. The third kappa shape index (κ3) is 4.81. The van der Waals surface area contributed by atoms with E-state index in [1.54, 1.807) is 16.7 Å². The van der Waals surface area contributed by atoms with Gasteiger partial charge in [0.15, 0.2) is 0 Å². The van der Waals surface area contributed by atoms with Gasteiger partial charge in [-0.25, -0.2) is 4.79 Å². The zero-order valence-electron chi connectivity index (χ0n) is 17.2. The van der Waals surface area contributed by atoms with E-state index >= 15 is 0 Å². The Labute approximate surface area is 181 Å². The number of hydrogen-bond acceptors (Lipinski definition) is 5. The Kier molecular flexibility index (Phi) is 6.62. The number of para-hydroxylation sites is 1. The molecule has 2 unspecified atom stereocenters. The summed E-state index contributed by atoms with van der Waals surface area (Å²) >= 11 is 1.62. The number of esters is 1. The highest BCUT2D eigenvalue weighted by molar-refractivity contribution is 7.99. The Hall–Kier alpha value is -2.47. The topological polar surface area (TPSA) is 55.8 Å². The molecular weight excluding hydrogens is 398 g/mol. The van der Waals surface area contributed by atoms with Gasteiger partial charge in [-0.1, -0.05) is 43.7 Å². The first-order chi connectivity index (χ1) is 14.7. The molecule has 2 atom stereocenters. The predicted octanol–water partition coefficient (Wildman–Crippen LogP) is 5.17. The maximum absolute atomic E-state index is 13.1. The number of nitrogens with zero attached hydrogens (tertiary/aromatic N) is 1. The predicted molar refractivity (Wildman–Crippen MR) is 117 cm³/mol. The second-order valence-corrected chi connectivity index (χ2v) is 8.84. The minimum atomic E-state index is -0.524. The normalized spacial score (nSPS) is 20.8. The first-order valence-corrected chi connectivity index (χ1v) is 11.7.